The summed E-state index contributed by atoms with van der Waals surface area (Å²) in [5.74, 6) is 1.57. The molecule has 0 aliphatic carbocycles. The maximum absolute atomic E-state index is 13.2. The molecule has 1 N–H and O–H groups in total. The quantitative estimate of drug-likeness (QED) is 0.256. The molecular weight excluding hydrogens is 506 g/mol. The molecule has 0 amide bonds. The minimum atomic E-state index is -0.225. The number of halogens is 2. The van der Waals surface area contributed by atoms with Gasteiger partial charge in [-0.05, 0) is 29.7 Å². The second-order valence-corrected chi connectivity index (χ2v) is 7.14. The standard InChI is InChI=1S/C23H29FN6.HI/c1-3-22-28-27-18-30(22)16-15-26-23(25-14-13-19-7-5-4-6-8-19)29(2)17-20-9-11-21(24)12-10-20;/h4-12,18H,3,13-17H2,1-2H3,(H,25,26);1H. The van der Waals surface area contributed by atoms with Gasteiger partial charge < -0.3 is 14.8 Å². The van der Waals surface area contributed by atoms with Crippen molar-refractivity contribution in [2.24, 2.45) is 4.99 Å². The van der Waals surface area contributed by atoms with Crippen molar-refractivity contribution in [3.8, 4) is 0 Å². The number of rotatable bonds is 9. The van der Waals surface area contributed by atoms with E-state index in [1.807, 2.05) is 25.2 Å². The molecule has 166 valence electrons. The Bertz CT molecular complexity index is 927. The summed E-state index contributed by atoms with van der Waals surface area (Å²) in [7, 11) is 1.99. The van der Waals surface area contributed by atoms with Crippen molar-refractivity contribution >= 4 is 29.9 Å². The lowest BCUT2D eigenvalue weighted by Crippen LogP contribution is -2.40. The third-order valence-corrected chi connectivity index (χ3v) is 4.85. The molecule has 0 bridgehead atoms. The van der Waals surface area contributed by atoms with Crippen LogP contribution in [0.4, 0.5) is 4.39 Å². The molecule has 1 aromatic heterocycles. The van der Waals surface area contributed by atoms with Gasteiger partial charge in [0.1, 0.15) is 18.0 Å². The zero-order chi connectivity index (χ0) is 21.2. The lowest BCUT2D eigenvalue weighted by molar-refractivity contribution is 0.470. The Kier molecular flexibility index (Phi) is 10.4. The molecular formula is C23H30FIN6. The smallest absolute Gasteiger partial charge is 0.194 e. The topological polar surface area (TPSA) is 58.3 Å². The van der Waals surface area contributed by atoms with Gasteiger partial charge >= 0.3 is 0 Å². The van der Waals surface area contributed by atoms with Crippen molar-refractivity contribution in [2.45, 2.75) is 32.9 Å². The number of aromatic nitrogens is 3. The molecule has 0 aliphatic heterocycles. The largest absolute Gasteiger partial charge is 0.354 e. The molecule has 0 unspecified atom stereocenters. The fourth-order valence-electron chi connectivity index (χ4n) is 3.21. The second kappa shape index (κ2) is 13.0. The zero-order valence-electron chi connectivity index (χ0n) is 18.0. The van der Waals surface area contributed by atoms with Crippen LogP contribution in [-0.2, 0) is 25.9 Å². The summed E-state index contributed by atoms with van der Waals surface area (Å²) in [4.78, 5) is 6.87. The maximum Gasteiger partial charge on any atom is 0.194 e. The van der Waals surface area contributed by atoms with Gasteiger partial charge in [-0.15, -0.1) is 34.2 Å². The predicted molar refractivity (Wildman–Crippen MR) is 133 cm³/mol. The van der Waals surface area contributed by atoms with Crippen molar-refractivity contribution in [3.05, 3.63) is 83.7 Å². The highest BCUT2D eigenvalue weighted by molar-refractivity contribution is 14.0. The first-order valence-corrected chi connectivity index (χ1v) is 10.3. The summed E-state index contributed by atoms with van der Waals surface area (Å²) in [6.07, 6.45) is 3.49. The van der Waals surface area contributed by atoms with Gasteiger partial charge in [-0.25, -0.2) is 4.39 Å². The molecule has 0 saturated heterocycles. The number of benzene rings is 2. The SMILES string of the molecule is CCc1nncn1CCNC(=NCCc1ccccc1)N(C)Cc1ccc(F)cc1.I. The number of guanidine groups is 1. The van der Waals surface area contributed by atoms with Crippen molar-refractivity contribution in [3.63, 3.8) is 0 Å². The Hall–Kier alpha value is -2.49. The Balaban J connectivity index is 0.00000341. The Labute approximate surface area is 200 Å². The number of hydrogen-bond donors (Lipinski definition) is 1. The first-order valence-electron chi connectivity index (χ1n) is 10.3. The van der Waals surface area contributed by atoms with Gasteiger partial charge in [0, 0.05) is 39.6 Å². The van der Waals surface area contributed by atoms with E-state index < -0.39 is 0 Å². The van der Waals surface area contributed by atoms with E-state index in [0.29, 0.717) is 19.6 Å². The number of aryl methyl sites for hydroxylation is 1. The van der Waals surface area contributed by atoms with Gasteiger partial charge in [-0.2, -0.15) is 0 Å². The van der Waals surface area contributed by atoms with Gasteiger partial charge in [0.2, 0.25) is 0 Å². The highest BCUT2D eigenvalue weighted by atomic mass is 127. The van der Waals surface area contributed by atoms with E-state index in [1.165, 1.54) is 17.7 Å². The monoisotopic (exact) mass is 536 g/mol. The van der Waals surface area contributed by atoms with Crippen LogP contribution in [0.25, 0.3) is 0 Å². The molecule has 8 heteroatoms. The van der Waals surface area contributed by atoms with E-state index in [1.54, 1.807) is 18.5 Å². The Morgan fingerprint density at radius 1 is 1.10 bits per heavy atom. The maximum atomic E-state index is 13.2. The van der Waals surface area contributed by atoms with Crippen LogP contribution in [0.3, 0.4) is 0 Å². The first-order chi connectivity index (χ1) is 14.7. The van der Waals surface area contributed by atoms with Crippen LogP contribution in [-0.4, -0.2) is 45.8 Å². The molecule has 0 radical (unpaired) electrons. The third kappa shape index (κ3) is 7.93. The van der Waals surface area contributed by atoms with Crippen molar-refractivity contribution < 1.29 is 4.39 Å². The van der Waals surface area contributed by atoms with Crippen molar-refractivity contribution in [2.75, 3.05) is 20.1 Å². The molecule has 0 aliphatic rings. The number of nitrogens with zero attached hydrogens (tertiary/aromatic N) is 5. The number of aliphatic imine (C=N–C) groups is 1. The van der Waals surface area contributed by atoms with Gasteiger partial charge in [0.15, 0.2) is 5.96 Å². The van der Waals surface area contributed by atoms with E-state index >= 15 is 0 Å². The Morgan fingerprint density at radius 2 is 1.84 bits per heavy atom. The van der Waals surface area contributed by atoms with Crippen LogP contribution < -0.4 is 5.32 Å². The minimum absolute atomic E-state index is 0. The number of hydrogen-bond acceptors (Lipinski definition) is 3. The zero-order valence-corrected chi connectivity index (χ0v) is 20.4. The summed E-state index contributed by atoms with van der Waals surface area (Å²) in [6, 6.07) is 16.9. The predicted octanol–water partition coefficient (Wildman–Crippen LogP) is 3.92. The van der Waals surface area contributed by atoms with Gasteiger partial charge in [0.25, 0.3) is 0 Å². The van der Waals surface area contributed by atoms with Crippen molar-refractivity contribution in [1.82, 2.24) is 25.0 Å². The molecule has 1 heterocycles. The molecule has 0 saturated carbocycles. The van der Waals surface area contributed by atoms with E-state index in [0.717, 1.165) is 36.7 Å². The van der Waals surface area contributed by atoms with Crippen LogP contribution >= 0.6 is 24.0 Å². The average Bonchev–Trinajstić information content (AvgIpc) is 3.22. The van der Waals surface area contributed by atoms with Gasteiger partial charge in [-0.1, -0.05) is 49.4 Å². The highest BCUT2D eigenvalue weighted by Gasteiger charge is 2.08. The number of nitrogens with one attached hydrogen (secondary N) is 1. The van der Waals surface area contributed by atoms with Crippen LogP contribution in [0.2, 0.25) is 0 Å². The van der Waals surface area contributed by atoms with Gasteiger partial charge in [0.05, 0.1) is 0 Å². The summed E-state index contributed by atoms with van der Waals surface area (Å²) in [5, 5.41) is 11.6. The molecule has 2 aromatic carbocycles. The van der Waals surface area contributed by atoms with E-state index in [9.17, 15) is 4.39 Å². The second-order valence-electron chi connectivity index (χ2n) is 7.14. The lowest BCUT2D eigenvalue weighted by atomic mass is 10.2. The van der Waals surface area contributed by atoms with Crippen LogP contribution in [0, 0.1) is 5.82 Å². The molecule has 31 heavy (non-hydrogen) atoms. The van der Waals surface area contributed by atoms with E-state index in [-0.39, 0.29) is 29.8 Å². The van der Waals surface area contributed by atoms with Crippen LogP contribution in [0.5, 0.6) is 0 Å². The third-order valence-electron chi connectivity index (χ3n) is 4.85. The summed E-state index contributed by atoms with van der Waals surface area (Å²) in [6.45, 7) is 4.87. The average molecular weight is 536 g/mol. The summed E-state index contributed by atoms with van der Waals surface area (Å²) in [5.41, 5.74) is 2.29. The normalized spacial score (nSPS) is 11.1. The minimum Gasteiger partial charge on any atom is -0.354 e. The summed E-state index contributed by atoms with van der Waals surface area (Å²) >= 11 is 0. The molecule has 0 spiro atoms. The molecule has 3 aromatic rings. The van der Waals surface area contributed by atoms with Crippen LogP contribution in [0.15, 0.2) is 65.9 Å². The van der Waals surface area contributed by atoms with Crippen molar-refractivity contribution in [1.29, 1.82) is 0 Å². The first kappa shape index (κ1) is 24.8. The van der Waals surface area contributed by atoms with Crippen LogP contribution in [0.1, 0.15) is 23.9 Å². The molecule has 6 nitrogen and oxygen atoms in total. The fourth-order valence-corrected chi connectivity index (χ4v) is 3.21. The van der Waals surface area contributed by atoms with E-state index in [2.05, 4.69) is 44.0 Å². The lowest BCUT2D eigenvalue weighted by Gasteiger charge is -2.23. The summed E-state index contributed by atoms with van der Waals surface area (Å²) < 4.78 is 15.3. The molecule has 3 rings (SSSR count). The van der Waals surface area contributed by atoms with E-state index in [4.69, 9.17) is 4.99 Å². The Morgan fingerprint density at radius 3 is 2.55 bits per heavy atom. The highest BCUT2D eigenvalue weighted by Crippen LogP contribution is 2.06. The van der Waals surface area contributed by atoms with Gasteiger partial charge in [-0.3, -0.25) is 4.99 Å². The molecule has 0 fully saturated rings. The fraction of sp³-hybridized carbons (Fsp3) is 0.348. The molecule has 0 atom stereocenters.